The van der Waals surface area contributed by atoms with E-state index in [1.807, 2.05) is 0 Å². The SMILES string of the molecule is CCC(=O)Nc1ccnc(-c2cc3c(cc2Cl)OC(c2cc(Cl)cc(Cl)c2)(C(F)(F)F)C3)c1. The lowest BCUT2D eigenvalue weighted by atomic mass is 9.88. The number of nitrogens with one attached hydrogen (secondary N) is 1. The quantitative estimate of drug-likeness (QED) is 0.393. The van der Waals surface area contributed by atoms with Crippen molar-refractivity contribution in [1.82, 2.24) is 4.98 Å². The van der Waals surface area contributed by atoms with Gasteiger partial charge in [-0.15, -0.1) is 0 Å². The lowest BCUT2D eigenvalue weighted by Crippen LogP contribution is -2.46. The summed E-state index contributed by atoms with van der Waals surface area (Å²) in [6.07, 6.45) is -3.50. The summed E-state index contributed by atoms with van der Waals surface area (Å²) in [6.45, 7) is 1.72. The smallest absolute Gasteiger partial charge is 0.432 e. The van der Waals surface area contributed by atoms with Crippen molar-refractivity contribution < 1.29 is 22.7 Å². The minimum Gasteiger partial charge on any atom is -0.472 e. The number of amides is 1. The van der Waals surface area contributed by atoms with Crippen LogP contribution in [0, 0.1) is 0 Å². The number of fused-ring (bicyclic) bond motifs is 1. The summed E-state index contributed by atoms with van der Waals surface area (Å²) >= 11 is 18.4. The lowest BCUT2D eigenvalue weighted by Gasteiger charge is -2.31. The summed E-state index contributed by atoms with van der Waals surface area (Å²) in [4.78, 5) is 16.0. The summed E-state index contributed by atoms with van der Waals surface area (Å²) in [7, 11) is 0. The number of ether oxygens (including phenoxy) is 1. The molecular formula is C23H16Cl3F3N2O2. The van der Waals surface area contributed by atoms with Gasteiger partial charge >= 0.3 is 6.18 Å². The van der Waals surface area contributed by atoms with Gasteiger partial charge < -0.3 is 10.1 Å². The van der Waals surface area contributed by atoms with Crippen LogP contribution in [0.25, 0.3) is 11.3 Å². The standard InChI is InChI=1S/C23H16Cl3F3N2O2/c1-2-21(32)31-16-3-4-30-19(9-16)17-5-12-11-22(23(27,28)29,33-20(12)10-18(17)26)13-6-14(24)8-15(25)7-13/h3-10H,2,11H2,1H3,(H,30,31,32). The zero-order chi connectivity index (χ0) is 24.0. The van der Waals surface area contributed by atoms with E-state index < -0.39 is 18.2 Å². The van der Waals surface area contributed by atoms with E-state index in [1.54, 1.807) is 19.1 Å². The summed E-state index contributed by atoms with van der Waals surface area (Å²) in [5.41, 5.74) is -1.27. The predicted molar refractivity (Wildman–Crippen MR) is 122 cm³/mol. The van der Waals surface area contributed by atoms with Crippen LogP contribution in [0.1, 0.15) is 24.5 Å². The molecule has 0 aliphatic carbocycles. The zero-order valence-electron chi connectivity index (χ0n) is 17.1. The van der Waals surface area contributed by atoms with Gasteiger partial charge in [0.1, 0.15) is 5.75 Å². The number of nitrogens with zero attached hydrogens (tertiary/aromatic N) is 1. The van der Waals surface area contributed by atoms with Crippen molar-refractivity contribution in [2.45, 2.75) is 31.5 Å². The Labute approximate surface area is 202 Å². The Morgan fingerprint density at radius 1 is 1.12 bits per heavy atom. The number of alkyl halides is 3. The molecule has 1 aliphatic heterocycles. The topological polar surface area (TPSA) is 51.2 Å². The first-order valence-corrected chi connectivity index (χ1v) is 11.0. The minimum absolute atomic E-state index is 0.00705. The molecule has 3 aromatic rings. The van der Waals surface area contributed by atoms with Gasteiger partial charge in [-0.2, -0.15) is 13.2 Å². The molecule has 2 heterocycles. The zero-order valence-corrected chi connectivity index (χ0v) is 19.3. The number of hydrogen-bond acceptors (Lipinski definition) is 3. The molecule has 4 nitrogen and oxygen atoms in total. The molecule has 1 amide bonds. The highest BCUT2D eigenvalue weighted by Crippen LogP contribution is 2.53. The molecule has 1 aliphatic rings. The van der Waals surface area contributed by atoms with E-state index in [0.29, 0.717) is 28.9 Å². The first kappa shape index (κ1) is 23.7. The number of rotatable bonds is 4. The minimum atomic E-state index is -4.77. The Balaban J connectivity index is 1.77. The van der Waals surface area contributed by atoms with Crippen molar-refractivity contribution in [3.63, 3.8) is 0 Å². The Morgan fingerprint density at radius 2 is 1.82 bits per heavy atom. The van der Waals surface area contributed by atoms with Crippen LogP contribution in [-0.2, 0) is 16.8 Å². The molecule has 33 heavy (non-hydrogen) atoms. The maximum atomic E-state index is 14.4. The molecule has 0 fully saturated rings. The average Bonchev–Trinajstić information content (AvgIpc) is 3.12. The van der Waals surface area contributed by atoms with Gasteiger partial charge in [-0.25, -0.2) is 0 Å². The fourth-order valence-corrected chi connectivity index (χ4v) is 4.47. The Kier molecular flexibility index (Phi) is 6.24. The molecule has 172 valence electrons. The van der Waals surface area contributed by atoms with Crippen LogP contribution in [0.2, 0.25) is 15.1 Å². The number of halogens is 6. The van der Waals surface area contributed by atoms with Gasteiger partial charge in [0.25, 0.3) is 0 Å². The van der Waals surface area contributed by atoms with Gasteiger partial charge in [0, 0.05) is 45.9 Å². The molecule has 4 rings (SSSR count). The largest absolute Gasteiger partial charge is 0.472 e. The van der Waals surface area contributed by atoms with Crippen molar-refractivity contribution in [3.05, 3.63) is 74.9 Å². The third-order valence-electron chi connectivity index (χ3n) is 5.30. The maximum absolute atomic E-state index is 14.4. The average molecular weight is 516 g/mol. The van der Waals surface area contributed by atoms with Gasteiger partial charge in [-0.3, -0.25) is 9.78 Å². The summed E-state index contributed by atoms with van der Waals surface area (Å²) in [6, 6.07) is 9.80. The number of benzene rings is 2. The molecule has 0 radical (unpaired) electrons. The first-order valence-electron chi connectivity index (χ1n) is 9.83. The molecule has 1 unspecified atom stereocenters. The van der Waals surface area contributed by atoms with Crippen LogP contribution >= 0.6 is 34.8 Å². The van der Waals surface area contributed by atoms with Crippen LogP contribution in [0.15, 0.2) is 48.7 Å². The Morgan fingerprint density at radius 3 is 2.45 bits per heavy atom. The third-order valence-corrected chi connectivity index (χ3v) is 6.05. The first-order chi connectivity index (χ1) is 15.5. The van der Waals surface area contributed by atoms with Crippen molar-refractivity contribution in [3.8, 4) is 17.0 Å². The van der Waals surface area contributed by atoms with E-state index in [9.17, 15) is 18.0 Å². The van der Waals surface area contributed by atoms with E-state index in [2.05, 4.69) is 10.3 Å². The van der Waals surface area contributed by atoms with Crippen molar-refractivity contribution in [2.24, 2.45) is 0 Å². The molecule has 10 heteroatoms. The molecular weight excluding hydrogens is 500 g/mol. The summed E-state index contributed by atoms with van der Waals surface area (Å²) in [5.74, 6) is -0.177. The molecule has 2 aromatic carbocycles. The van der Waals surface area contributed by atoms with Crippen molar-refractivity contribution in [1.29, 1.82) is 0 Å². The van der Waals surface area contributed by atoms with Crippen LogP contribution in [0.5, 0.6) is 5.75 Å². The second kappa shape index (κ2) is 8.70. The summed E-state index contributed by atoms with van der Waals surface area (Å²) < 4.78 is 48.6. The van der Waals surface area contributed by atoms with Gasteiger partial charge in [-0.05, 0) is 48.0 Å². The molecule has 0 saturated carbocycles. The lowest BCUT2D eigenvalue weighted by molar-refractivity contribution is -0.248. The fraction of sp³-hybridized carbons (Fsp3) is 0.217. The van der Waals surface area contributed by atoms with Crippen molar-refractivity contribution in [2.75, 3.05) is 5.32 Å². The molecule has 0 bridgehead atoms. The third kappa shape index (κ3) is 4.50. The normalized spacial score (nSPS) is 17.4. The van der Waals surface area contributed by atoms with Gasteiger partial charge in [0.05, 0.1) is 10.7 Å². The second-order valence-corrected chi connectivity index (χ2v) is 8.81. The Bertz CT molecular complexity index is 1230. The van der Waals surface area contributed by atoms with E-state index in [-0.39, 0.29) is 32.3 Å². The number of carbonyl (C=O) groups excluding carboxylic acids is 1. The molecule has 0 spiro atoms. The van der Waals surface area contributed by atoms with E-state index in [0.717, 1.165) is 0 Å². The number of anilines is 1. The molecule has 1 atom stereocenters. The number of hydrogen-bond donors (Lipinski definition) is 1. The number of carbonyl (C=O) groups is 1. The van der Waals surface area contributed by atoms with E-state index in [1.165, 1.54) is 36.5 Å². The number of pyridine rings is 1. The monoisotopic (exact) mass is 514 g/mol. The maximum Gasteiger partial charge on any atom is 0.432 e. The van der Waals surface area contributed by atoms with E-state index in [4.69, 9.17) is 39.5 Å². The van der Waals surface area contributed by atoms with Gasteiger partial charge in [-0.1, -0.05) is 41.7 Å². The highest BCUT2D eigenvalue weighted by molar-refractivity contribution is 6.34. The highest BCUT2D eigenvalue weighted by atomic mass is 35.5. The van der Waals surface area contributed by atoms with Crippen LogP contribution in [0.4, 0.5) is 18.9 Å². The Hall–Kier alpha value is -2.48. The second-order valence-electron chi connectivity index (χ2n) is 7.53. The van der Waals surface area contributed by atoms with Gasteiger partial charge in [0.2, 0.25) is 11.5 Å². The van der Waals surface area contributed by atoms with Crippen LogP contribution in [-0.4, -0.2) is 17.1 Å². The van der Waals surface area contributed by atoms with Crippen LogP contribution in [0.3, 0.4) is 0 Å². The highest BCUT2D eigenvalue weighted by Gasteiger charge is 2.61. The molecule has 1 N–H and O–H groups in total. The number of aromatic nitrogens is 1. The fourth-order valence-electron chi connectivity index (χ4n) is 3.70. The van der Waals surface area contributed by atoms with E-state index >= 15 is 0 Å². The van der Waals surface area contributed by atoms with Gasteiger partial charge in [0.15, 0.2) is 0 Å². The molecule has 1 aromatic heterocycles. The molecule has 0 saturated heterocycles. The predicted octanol–water partition coefficient (Wildman–Crippen LogP) is 7.45. The summed E-state index contributed by atoms with van der Waals surface area (Å²) in [5, 5.41) is 3.00. The van der Waals surface area contributed by atoms with Crippen molar-refractivity contribution >= 4 is 46.4 Å². The van der Waals surface area contributed by atoms with Crippen LogP contribution < -0.4 is 10.1 Å².